The molecule has 0 aliphatic carbocycles. The molecule has 1 N–H and O–H groups in total. The van der Waals surface area contributed by atoms with E-state index in [1.807, 2.05) is 0 Å². The van der Waals surface area contributed by atoms with Gasteiger partial charge in [-0.15, -0.1) is 0 Å². The molecule has 0 spiro atoms. The molecule has 3 aliphatic heterocycles. The quantitative estimate of drug-likeness (QED) is 0.886. The molecule has 4 rings (SSSR count). The highest BCUT2D eigenvalue weighted by Gasteiger charge is 2.35. The van der Waals surface area contributed by atoms with Gasteiger partial charge in [-0.2, -0.15) is 0 Å². The van der Waals surface area contributed by atoms with Crippen LogP contribution >= 0.6 is 0 Å². The second kappa shape index (κ2) is 5.26. The molecule has 108 valence electrons. The maximum Gasteiger partial charge on any atom is 0.161 e. The van der Waals surface area contributed by atoms with Gasteiger partial charge in [-0.05, 0) is 42.6 Å². The Bertz CT molecular complexity index is 479. The highest BCUT2D eigenvalue weighted by atomic mass is 16.5. The molecule has 0 amide bonds. The number of ether oxygens (including phenoxy) is 2. The van der Waals surface area contributed by atoms with Crippen molar-refractivity contribution in [1.82, 2.24) is 10.2 Å². The van der Waals surface area contributed by atoms with Gasteiger partial charge >= 0.3 is 0 Å². The number of hydrogen-bond acceptors (Lipinski definition) is 4. The maximum absolute atomic E-state index is 5.77. The maximum atomic E-state index is 5.77. The molecule has 0 radical (unpaired) electrons. The lowest BCUT2D eigenvalue weighted by molar-refractivity contribution is 0.296. The summed E-state index contributed by atoms with van der Waals surface area (Å²) >= 11 is 0. The Kier molecular flexibility index (Phi) is 3.28. The smallest absolute Gasteiger partial charge is 0.161 e. The molecule has 0 bridgehead atoms. The van der Waals surface area contributed by atoms with Crippen molar-refractivity contribution in [2.45, 2.75) is 13.0 Å². The van der Waals surface area contributed by atoms with Gasteiger partial charge in [0.2, 0.25) is 0 Å². The first-order chi connectivity index (χ1) is 9.88. The summed E-state index contributed by atoms with van der Waals surface area (Å²) in [4.78, 5) is 2.58. The SMILES string of the molecule is c1cc2c(cc1CN1C[C@H]3CNC[C@H]3C1)OCCCO2. The van der Waals surface area contributed by atoms with Crippen LogP contribution in [0.2, 0.25) is 0 Å². The second-order valence-electron chi connectivity index (χ2n) is 6.20. The number of fused-ring (bicyclic) bond motifs is 2. The Morgan fingerprint density at radius 3 is 2.60 bits per heavy atom. The fraction of sp³-hybridized carbons (Fsp3) is 0.625. The first kappa shape index (κ1) is 12.5. The molecular weight excluding hydrogens is 252 g/mol. The molecule has 0 saturated carbocycles. The molecule has 0 aromatic heterocycles. The third kappa shape index (κ3) is 2.38. The van der Waals surface area contributed by atoms with Crippen molar-refractivity contribution < 1.29 is 9.47 Å². The number of hydrogen-bond donors (Lipinski definition) is 1. The Labute approximate surface area is 120 Å². The van der Waals surface area contributed by atoms with Gasteiger partial charge in [0, 0.05) is 26.1 Å². The zero-order valence-electron chi connectivity index (χ0n) is 11.8. The third-order valence-electron chi connectivity index (χ3n) is 4.68. The predicted molar refractivity (Wildman–Crippen MR) is 77.2 cm³/mol. The molecule has 4 nitrogen and oxygen atoms in total. The molecule has 2 atom stereocenters. The average molecular weight is 274 g/mol. The zero-order valence-corrected chi connectivity index (χ0v) is 11.8. The Hall–Kier alpha value is -1.26. The molecule has 20 heavy (non-hydrogen) atoms. The number of benzene rings is 1. The van der Waals surface area contributed by atoms with Crippen LogP contribution in [0.25, 0.3) is 0 Å². The van der Waals surface area contributed by atoms with Crippen LogP contribution in [0.1, 0.15) is 12.0 Å². The number of likely N-dealkylation sites (tertiary alicyclic amines) is 1. The third-order valence-corrected chi connectivity index (χ3v) is 4.68. The van der Waals surface area contributed by atoms with Crippen molar-refractivity contribution in [3.8, 4) is 11.5 Å². The zero-order chi connectivity index (χ0) is 13.4. The van der Waals surface area contributed by atoms with Gasteiger partial charge in [-0.3, -0.25) is 4.90 Å². The average Bonchev–Trinajstić information content (AvgIpc) is 2.93. The largest absolute Gasteiger partial charge is 0.490 e. The predicted octanol–water partition coefficient (Wildman–Crippen LogP) is 1.50. The number of nitrogens with zero attached hydrogens (tertiary/aromatic N) is 1. The lowest BCUT2D eigenvalue weighted by Gasteiger charge is -2.18. The lowest BCUT2D eigenvalue weighted by atomic mass is 10.0. The van der Waals surface area contributed by atoms with Gasteiger partial charge in [0.25, 0.3) is 0 Å². The highest BCUT2D eigenvalue weighted by Crippen LogP contribution is 2.32. The first-order valence-electron chi connectivity index (χ1n) is 7.70. The van der Waals surface area contributed by atoms with Crippen LogP contribution in [0.4, 0.5) is 0 Å². The lowest BCUT2D eigenvalue weighted by Crippen LogP contribution is -2.25. The van der Waals surface area contributed by atoms with Gasteiger partial charge in [0.1, 0.15) is 0 Å². The van der Waals surface area contributed by atoms with Crippen LogP contribution in [-0.4, -0.2) is 44.3 Å². The Balaban J connectivity index is 1.45. The number of rotatable bonds is 2. The van der Waals surface area contributed by atoms with E-state index in [1.54, 1.807) is 0 Å². The molecule has 4 heteroatoms. The monoisotopic (exact) mass is 274 g/mol. The van der Waals surface area contributed by atoms with Gasteiger partial charge < -0.3 is 14.8 Å². The molecule has 3 aliphatic rings. The standard InChI is InChI=1S/C16H22N2O2/c1-4-19-15-3-2-12(6-16(15)20-5-1)9-18-10-13-7-17-8-14(13)11-18/h2-3,6,13-14,17H,1,4-5,7-11H2/t13-,14+. The molecule has 0 unspecified atom stereocenters. The molecule has 2 saturated heterocycles. The number of nitrogens with one attached hydrogen (secondary N) is 1. The minimum absolute atomic E-state index is 0.759. The van der Waals surface area contributed by atoms with Crippen LogP contribution < -0.4 is 14.8 Å². The van der Waals surface area contributed by atoms with E-state index in [1.165, 1.54) is 31.7 Å². The Morgan fingerprint density at radius 1 is 1.05 bits per heavy atom. The summed E-state index contributed by atoms with van der Waals surface area (Å²) < 4.78 is 11.5. The van der Waals surface area contributed by atoms with E-state index < -0.39 is 0 Å². The van der Waals surface area contributed by atoms with Crippen LogP contribution in [0, 0.1) is 11.8 Å². The fourth-order valence-corrected chi connectivity index (χ4v) is 3.65. The molecule has 1 aromatic rings. The topological polar surface area (TPSA) is 33.7 Å². The summed E-state index contributed by atoms with van der Waals surface area (Å²) in [7, 11) is 0. The van der Waals surface area contributed by atoms with Crippen LogP contribution in [0.5, 0.6) is 11.5 Å². The van der Waals surface area contributed by atoms with E-state index in [-0.39, 0.29) is 0 Å². The molecule has 3 heterocycles. The summed E-state index contributed by atoms with van der Waals surface area (Å²) in [5.74, 6) is 3.53. The van der Waals surface area contributed by atoms with Crippen molar-refractivity contribution >= 4 is 0 Å². The van der Waals surface area contributed by atoms with Crippen molar-refractivity contribution in [3.63, 3.8) is 0 Å². The van der Waals surface area contributed by atoms with E-state index in [4.69, 9.17) is 9.47 Å². The van der Waals surface area contributed by atoms with Crippen molar-refractivity contribution in [2.24, 2.45) is 11.8 Å². The minimum Gasteiger partial charge on any atom is -0.490 e. The van der Waals surface area contributed by atoms with Crippen molar-refractivity contribution in [1.29, 1.82) is 0 Å². The van der Waals surface area contributed by atoms with E-state index in [0.29, 0.717) is 0 Å². The van der Waals surface area contributed by atoms with Gasteiger partial charge in [-0.1, -0.05) is 6.07 Å². The minimum atomic E-state index is 0.759. The van der Waals surface area contributed by atoms with Crippen LogP contribution in [0.15, 0.2) is 18.2 Å². The van der Waals surface area contributed by atoms with Crippen LogP contribution in [-0.2, 0) is 6.54 Å². The second-order valence-corrected chi connectivity index (χ2v) is 6.20. The van der Waals surface area contributed by atoms with Crippen molar-refractivity contribution in [2.75, 3.05) is 39.4 Å². The summed E-state index contributed by atoms with van der Waals surface area (Å²) in [6, 6.07) is 6.40. The normalized spacial score (nSPS) is 29.2. The van der Waals surface area contributed by atoms with E-state index >= 15 is 0 Å². The van der Waals surface area contributed by atoms with Gasteiger partial charge in [0.05, 0.1) is 13.2 Å². The fourth-order valence-electron chi connectivity index (χ4n) is 3.65. The molecule has 1 aromatic carbocycles. The summed E-state index contributed by atoms with van der Waals surface area (Å²) in [5.41, 5.74) is 1.34. The summed E-state index contributed by atoms with van der Waals surface area (Å²) in [6.07, 6.45) is 0.965. The molecular formula is C16H22N2O2. The van der Waals surface area contributed by atoms with E-state index in [0.717, 1.165) is 49.5 Å². The first-order valence-corrected chi connectivity index (χ1v) is 7.70. The van der Waals surface area contributed by atoms with E-state index in [9.17, 15) is 0 Å². The van der Waals surface area contributed by atoms with Crippen LogP contribution in [0.3, 0.4) is 0 Å². The van der Waals surface area contributed by atoms with Gasteiger partial charge in [0.15, 0.2) is 11.5 Å². The highest BCUT2D eigenvalue weighted by molar-refractivity contribution is 5.43. The molecule has 2 fully saturated rings. The van der Waals surface area contributed by atoms with Gasteiger partial charge in [-0.25, -0.2) is 0 Å². The van der Waals surface area contributed by atoms with Crippen molar-refractivity contribution in [3.05, 3.63) is 23.8 Å². The Morgan fingerprint density at radius 2 is 1.80 bits per heavy atom. The summed E-state index contributed by atoms with van der Waals surface area (Å²) in [6.45, 7) is 7.40. The summed E-state index contributed by atoms with van der Waals surface area (Å²) in [5, 5.41) is 3.49. The van der Waals surface area contributed by atoms with E-state index in [2.05, 4.69) is 28.4 Å².